The number of benzene rings is 3. The monoisotopic (exact) mass is 463 g/mol. The van der Waals surface area contributed by atoms with E-state index in [-0.39, 0.29) is 17.1 Å². The predicted octanol–water partition coefficient (Wildman–Crippen LogP) is 4.19. The lowest BCUT2D eigenvalue weighted by Gasteiger charge is -2.25. The molecular weight excluding hydrogens is 441 g/mol. The Labute approximate surface area is 191 Å². The van der Waals surface area contributed by atoms with Crippen LogP contribution in [-0.2, 0) is 21.4 Å². The van der Waals surface area contributed by atoms with Crippen molar-refractivity contribution < 1.29 is 17.6 Å². The second-order valence-electron chi connectivity index (χ2n) is 7.60. The number of hydrogen-bond acceptors (Lipinski definition) is 4. The smallest absolute Gasteiger partial charge is 0.265 e. The summed E-state index contributed by atoms with van der Waals surface area (Å²) in [6, 6.07) is 19.2. The number of nitrogens with one attached hydrogen (secondary N) is 1. The van der Waals surface area contributed by atoms with Crippen LogP contribution < -0.4 is 9.62 Å². The summed E-state index contributed by atoms with van der Waals surface area (Å²) in [5, 5.41) is 3.90. The zero-order chi connectivity index (χ0) is 23.4. The largest absolute Gasteiger partial charge is 0.350 e. The molecule has 4 aromatic rings. The molecule has 0 radical (unpaired) electrons. The number of sulfonamides is 1. The number of halogens is 1. The third-order valence-corrected chi connectivity index (χ3v) is 7.05. The molecule has 1 heterocycles. The Balaban J connectivity index is 1.66. The molecule has 33 heavy (non-hydrogen) atoms. The second kappa shape index (κ2) is 9.38. The molecule has 0 aliphatic heterocycles. The van der Waals surface area contributed by atoms with Crippen molar-refractivity contribution in [3.05, 3.63) is 102 Å². The van der Waals surface area contributed by atoms with E-state index in [1.807, 2.05) is 31.2 Å². The first kappa shape index (κ1) is 22.4. The predicted molar refractivity (Wildman–Crippen MR) is 126 cm³/mol. The maximum absolute atomic E-state index is 13.7. The average molecular weight is 464 g/mol. The molecule has 1 aromatic heterocycles. The van der Waals surface area contributed by atoms with Gasteiger partial charge in [0, 0.05) is 29.7 Å². The van der Waals surface area contributed by atoms with Gasteiger partial charge in [-0.25, -0.2) is 12.8 Å². The van der Waals surface area contributed by atoms with Crippen LogP contribution in [0.4, 0.5) is 10.1 Å². The molecule has 168 valence electrons. The molecule has 1 amide bonds. The summed E-state index contributed by atoms with van der Waals surface area (Å²) in [5.74, 6) is -0.985. The normalized spacial score (nSPS) is 11.3. The maximum Gasteiger partial charge on any atom is 0.265 e. The Morgan fingerprint density at radius 3 is 2.45 bits per heavy atom. The molecule has 0 unspecified atom stereocenters. The minimum Gasteiger partial charge on any atom is -0.350 e. The van der Waals surface area contributed by atoms with Crippen molar-refractivity contribution in [1.29, 1.82) is 0 Å². The van der Waals surface area contributed by atoms with Gasteiger partial charge in [0.1, 0.15) is 12.4 Å². The molecule has 0 saturated heterocycles. The van der Waals surface area contributed by atoms with Crippen molar-refractivity contribution in [2.45, 2.75) is 18.4 Å². The lowest BCUT2D eigenvalue weighted by atomic mass is 10.1. The molecule has 6 nitrogen and oxygen atoms in total. The molecular formula is C25H22FN3O3S. The van der Waals surface area contributed by atoms with E-state index < -0.39 is 28.3 Å². The van der Waals surface area contributed by atoms with Gasteiger partial charge in [-0.15, -0.1) is 0 Å². The van der Waals surface area contributed by atoms with Crippen molar-refractivity contribution in [1.82, 2.24) is 10.3 Å². The molecule has 0 saturated carbocycles. The number of anilines is 1. The third-order valence-electron chi connectivity index (χ3n) is 5.22. The van der Waals surface area contributed by atoms with Gasteiger partial charge in [-0.3, -0.25) is 14.1 Å². The van der Waals surface area contributed by atoms with Gasteiger partial charge in [0.15, 0.2) is 0 Å². The molecule has 0 bridgehead atoms. The number of carbonyl (C=O) groups is 1. The summed E-state index contributed by atoms with van der Waals surface area (Å²) in [7, 11) is -4.15. The van der Waals surface area contributed by atoms with E-state index in [4.69, 9.17) is 0 Å². The number of rotatable bonds is 7. The van der Waals surface area contributed by atoms with Crippen LogP contribution in [0.25, 0.3) is 10.8 Å². The first-order valence-corrected chi connectivity index (χ1v) is 11.7. The number of carbonyl (C=O) groups excluding carboxylic acids is 1. The highest BCUT2D eigenvalue weighted by molar-refractivity contribution is 7.93. The zero-order valence-electron chi connectivity index (χ0n) is 17.9. The Hall–Kier alpha value is -3.78. The van der Waals surface area contributed by atoms with Crippen molar-refractivity contribution in [2.24, 2.45) is 0 Å². The standard InChI is InChI=1S/C25H22FN3O3S/c1-18-5-7-19(8-6-18)15-28-25(30)17-29(22-11-9-21(26)10-12-22)33(31,32)24-4-2-3-20-16-27-14-13-23(20)24/h2-14,16H,15,17H2,1H3,(H,28,30). The quantitative estimate of drug-likeness (QED) is 0.446. The lowest BCUT2D eigenvalue weighted by molar-refractivity contribution is -0.119. The highest BCUT2D eigenvalue weighted by Crippen LogP contribution is 2.28. The van der Waals surface area contributed by atoms with Gasteiger partial charge in [-0.2, -0.15) is 0 Å². The van der Waals surface area contributed by atoms with E-state index in [0.717, 1.165) is 27.6 Å². The van der Waals surface area contributed by atoms with Gasteiger partial charge >= 0.3 is 0 Å². The van der Waals surface area contributed by atoms with Crippen molar-refractivity contribution in [3.63, 3.8) is 0 Å². The Kier molecular flexibility index (Phi) is 6.37. The van der Waals surface area contributed by atoms with Crippen LogP contribution in [0, 0.1) is 12.7 Å². The van der Waals surface area contributed by atoms with Crippen LogP contribution in [-0.4, -0.2) is 25.9 Å². The van der Waals surface area contributed by atoms with E-state index in [1.54, 1.807) is 24.4 Å². The molecule has 4 rings (SSSR count). The number of fused-ring (bicyclic) bond motifs is 1. The number of nitrogens with zero attached hydrogens (tertiary/aromatic N) is 2. The molecule has 0 spiro atoms. The third kappa shape index (κ3) is 5.01. The number of aryl methyl sites for hydroxylation is 1. The molecule has 0 aliphatic rings. The topological polar surface area (TPSA) is 79.4 Å². The van der Waals surface area contributed by atoms with Gasteiger partial charge in [0.25, 0.3) is 10.0 Å². The minimum absolute atomic E-state index is 0.0399. The zero-order valence-corrected chi connectivity index (χ0v) is 18.7. The summed E-state index contributed by atoms with van der Waals surface area (Å²) < 4.78 is 41.9. The highest BCUT2D eigenvalue weighted by atomic mass is 32.2. The second-order valence-corrected chi connectivity index (χ2v) is 9.43. The van der Waals surface area contributed by atoms with E-state index in [2.05, 4.69) is 10.3 Å². The Bertz CT molecular complexity index is 1380. The number of hydrogen-bond donors (Lipinski definition) is 1. The van der Waals surface area contributed by atoms with Gasteiger partial charge in [0.05, 0.1) is 10.6 Å². The molecule has 0 fully saturated rings. The summed E-state index contributed by atoms with van der Waals surface area (Å²) in [6.45, 7) is 1.77. The Morgan fingerprint density at radius 1 is 1.00 bits per heavy atom. The minimum atomic E-state index is -4.15. The van der Waals surface area contributed by atoms with Gasteiger partial charge < -0.3 is 5.32 Å². The molecule has 8 heteroatoms. The van der Waals surface area contributed by atoms with Gasteiger partial charge in [-0.1, -0.05) is 42.0 Å². The van der Waals surface area contributed by atoms with Gasteiger partial charge in [0.2, 0.25) is 5.91 Å². The first-order chi connectivity index (χ1) is 15.8. The molecule has 0 aliphatic carbocycles. The molecule has 1 N–H and O–H groups in total. The van der Waals surface area contributed by atoms with Crippen LogP contribution >= 0.6 is 0 Å². The molecule has 3 aromatic carbocycles. The van der Waals surface area contributed by atoms with Gasteiger partial charge in [-0.05, 0) is 48.9 Å². The summed E-state index contributed by atoms with van der Waals surface area (Å²) in [5.41, 5.74) is 2.18. The highest BCUT2D eigenvalue weighted by Gasteiger charge is 2.28. The SMILES string of the molecule is Cc1ccc(CNC(=O)CN(c2ccc(F)cc2)S(=O)(=O)c2cccc3cnccc23)cc1. The van der Waals surface area contributed by atoms with Crippen LogP contribution in [0.5, 0.6) is 0 Å². The molecule has 0 atom stereocenters. The van der Waals surface area contributed by atoms with E-state index in [0.29, 0.717) is 10.8 Å². The maximum atomic E-state index is 13.7. The van der Waals surface area contributed by atoms with Crippen molar-refractivity contribution in [3.8, 4) is 0 Å². The fraction of sp³-hybridized carbons (Fsp3) is 0.120. The van der Waals surface area contributed by atoms with Crippen LogP contribution in [0.3, 0.4) is 0 Å². The fourth-order valence-corrected chi connectivity index (χ4v) is 5.09. The van der Waals surface area contributed by atoms with Crippen LogP contribution in [0.2, 0.25) is 0 Å². The Morgan fingerprint density at radius 2 is 1.73 bits per heavy atom. The number of pyridine rings is 1. The summed E-state index contributed by atoms with van der Waals surface area (Å²) in [4.78, 5) is 16.9. The van der Waals surface area contributed by atoms with E-state index >= 15 is 0 Å². The van der Waals surface area contributed by atoms with E-state index in [1.165, 1.54) is 24.4 Å². The lowest BCUT2D eigenvalue weighted by Crippen LogP contribution is -2.40. The average Bonchev–Trinajstić information content (AvgIpc) is 2.82. The van der Waals surface area contributed by atoms with Crippen molar-refractivity contribution in [2.75, 3.05) is 10.8 Å². The van der Waals surface area contributed by atoms with Crippen molar-refractivity contribution >= 4 is 32.4 Å². The summed E-state index contributed by atoms with van der Waals surface area (Å²) in [6.07, 6.45) is 3.09. The number of amides is 1. The fourth-order valence-electron chi connectivity index (χ4n) is 3.45. The van der Waals surface area contributed by atoms with E-state index in [9.17, 15) is 17.6 Å². The van der Waals surface area contributed by atoms with Crippen LogP contribution in [0.1, 0.15) is 11.1 Å². The van der Waals surface area contributed by atoms with Crippen LogP contribution in [0.15, 0.2) is 90.1 Å². The first-order valence-electron chi connectivity index (χ1n) is 10.3. The number of aromatic nitrogens is 1. The summed E-state index contributed by atoms with van der Waals surface area (Å²) >= 11 is 0.